The minimum atomic E-state index is 0.503. The first-order valence-electron chi connectivity index (χ1n) is 7.45. The summed E-state index contributed by atoms with van der Waals surface area (Å²) in [7, 11) is 0. The lowest BCUT2D eigenvalue weighted by atomic mass is 10.1. The molecule has 1 saturated carbocycles. The van der Waals surface area contributed by atoms with Crippen LogP contribution in [0.25, 0.3) is 0 Å². The van der Waals surface area contributed by atoms with Gasteiger partial charge in [-0.15, -0.1) is 0 Å². The first-order chi connectivity index (χ1) is 9.42. The van der Waals surface area contributed by atoms with E-state index < -0.39 is 0 Å². The second-order valence-corrected chi connectivity index (χ2v) is 5.69. The van der Waals surface area contributed by atoms with Gasteiger partial charge in [-0.25, -0.2) is 4.98 Å². The molecule has 2 aliphatic rings. The number of aromatic nitrogens is 2. The molecule has 2 heterocycles. The maximum Gasteiger partial charge on any atom is 0.0925 e. The van der Waals surface area contributed by atoms with Gasteiger partial charge in [-0.3, -0.25) is 0 Å². The highest BCUT2D eigenvalue weighted by Gasteiger charge is 2.21. The minimum absolute atomic E-state index is 0.503. The Balaban J connectivity index is 1.22. The van der Waals surface area contributed by atoms with Crippen molar-refractivity contribution in [3.05, 3.63) is 17.7 Å². The molecule has 0 amide bonds. The van der Waals surface area contributed by atoms with E-state index in [1.807, 2.05) is 0 Å². The summed E-state index contributed by atoms with van der Waals surface area (Å²) in [6.07, 6.45) is 6.66. The van der Waals surface area contributed by atoms with E-state index in [4.69, 9.17) is 4.74 Å². The SMILES string of the molecule is c1nc2c([nH]1)CNC(CNCCCOCC1CC1)C2. The molecule has 1 aromatic heterocycles. The van der Waals surface area contributed by atoms with Crippen LogP contribution in [-0.4, -0.2) is 42.3 Å². The highest BCUT2D eigenvalue weighted by Crippen LogP contribution is 2.28. The lowest BCUT2D eigenvalue weighted by Gasteiger charge is -2.23. The molecule has 5 nitrogen and oxygen atoms in total. The molecule has 1 aliphatic heterocycles. The van der Waals surface area contributed by atoms with Crippen molar-refractivity contribution < 1.29 is 4.74 Å². The van der Waals surface area contributed by atoms with Crippen LogP contribution in [0.4, 0.5) is 0 Å². The van der Waals surface area contributed by atoms with Crippen LogP contribution < -0.4 is 10.6 Å². The van der Waals surface area contributed by atoms with Crippen molar-refractivity contribution in [1.82, 2.24) is 20.6 Å². The van der Waals surface area contributed by atoms with Crippen LogP contribution in [0, 0.1) is 5.92 Å². The van der Waals surface area contributed by atoms with Gasteiger partial charge < -0.3 is 20.4 Å². The number of aromatic amines is 1. The van der Waals surface area contributed by atoms with Gasteiger partial charge in [-0.2, -0.15) is 0 Å². The lowest BCUT2D eigenvalue weighted by Crippen LogP contribution is -2.43. The molecule has 1 fully saturated rings. The standard InChI is InChI=1S/C14H24N4O/c1(5-19-9-11-2-3-11)4-15-7-12-6-13-14(8-16-12)18-10-17-13/h10-12,15-16H,1-9H2,(H,17,18). The summed E-state index contributed by atoms with van der Waals surface area (Å²) in [5.74, 6) is 0.877. The summed E-state index contributed by atoms with van der Waals surface area (Å²) in [4.78, 5) is 7.53. The topological polar surface area (TPSA) is 62.0 Å². The van der Waals surface area contributed by atoms with Gasteiger partial charge in [-0.1, -0.05) is 0 Å². The molecule has 19 heavy (non-hydrogen) atoms. The van der Waals surface area contributed by atoms with Gasteiger partial charge in [-0.05, 0) is 31.7 Å². The number of hydrogen-bond acceptors (Lipinski definition) is 4. The van der Waals surface area contributed by atoms with Crippen LogP contribution in [0.5, 0.6) is 0 Å². The van der Waals surface area contributed by atoms with Crippen molar-refractivity contribution in [2.24, 2.45) is 5.92 Å². The number of nitrogens with one attached hydrogen (secondary N) is 3. The quantitative estimate of drug-likeness (QED) is 0.609. The lowest BCUT2D eigenvalue weighted by molar-refractivity contribution is 0.122. The molecule has 0 saturated heterocycles. The number of hydrogen-bond donors (Lipinski definition) is 3. The van der Waals surface area contributed by atoms with E-state index in [-0.39, 0.29) is 0 Å². The third-order valence-electron chi connectivity index (χ3n) is 3.90. The van der Waals surface area contributed by atoms with Gasteiger partial charge in [0, 0.05) is 38.8 Å². The molecule has 3 rings (SSSR count). The van der Waals surface area contributed by atoms with E-state index in [9.17, 15) is 0 Å². The van der Waals surface area contributed by atoms with Crippen LogP contribution in [0.15, 0.2) is 6.33 Å². The predicted molar refractivity (Wildman–Crippen MR) is 73.9 cm³/mol. The van der Waals surface area contributed by atoms with Crippen molar-refractivity contribution >= 4 is 0 Å². The summed E-state index contributed by atoms with van der Waals surface area (Å²) in [6.45, 7) is 4.83. The summed E-state index contributed by atoms with van der Waals surface area (Å²) in [6, 6.07) is 0.503. The molecule has 3 N–H and O–H groups in total. The molecule has 1 atom stereocenters. The van der Waals surface area contributed by atoms with Crippen LogP contribution in [0.2, 0.25) is 0 Å². The molecule has 1 aliphatic carbocycles. The van der Waals surface area contributed by atoms with Crippen LogP contribution in [0.1, 0.15) is 30.7 Å². The van der Waals surface area contributed by atoms with Crippen LogP contribution >= 0.6 is 0 Å². The Morgan fingerprint density at radius 2 is 2.37 bits per heavy atom. The number of rotatable bonds is 8. The molecular formula is C14H24N4O. The highest BCUT2D eigenvalue weighted by atomic mass is 16.5. The summed E-state index contributed by atoms with van der Waals surface area (Å²) in [5.41, 5.74) is 2.46. The Morgan fingerprint density at radius 1 is 1.42 bits per heavy atom. The van der Waals surface area contributed by atoms with E-state index in [2.05, 4.69) is 20.6 Å². The second-order valence-electron chi connectivity index (χ2n) is 5.69. The normalized spacial score (nSPS) is 22.4. The third kappa shape index (κ3) is 4.03. The van der Waals surface area contributed by atoms with Crippen LogP contribution in [-0.2, 0) is 17.7 Å². The van der Waals surface area contributed by atoms with Gasteiger partial charge in [0.2, 0.25) is 0 Å². The molecule has 1 aromatic rings. The smallest absolute Gasteiger partial charge is 0.0925 e. The van der Waals surface area contributed by atoms with Crippen LogP contribution in [0.3, 0.4) is 0 Å². The van der Waals surface area contributed by atoms with E-state index in [1.165, 1.54) is 24.2 Å². The number of nitrogens with zero attached hydrogens (tertiary/aromatic N) is 1. The molecule has 0 spiro atoms. The second kappa shape index (κ2) is 6.50. The Kier molecular flexibility index (Phi) is 4.48. The highest BCUT2D eigenvalue weighted by molar-refractivity contribution is 5.15. The molecule has 0 aromatic carbocycles. The first kappa shape index (κ1) is 13.1. The van der Waals surface area contributed by atoms with Crippen molar-refractivity contribution in [3.63, 3.8) is 0 Å². The summed E-state index contributed by atoms with van der Waals surface area (Å²) >= 11 is 0. The summed E-state index contributed by atoms with van der Waals surface area (Å²) < 4.78 is 5.62. The van der Waals surface area contributed by atoms with Crippen molar-refractivity contribution in [3.8, 4) is 0 Å². The molecule has 5 heteroatoms. The molecule has 1 unspecified atom stereocenters. The maximum atomic E-state index is 5.62. The maximum absolute atomic E-state index is 5.62. The van der Waals surface area contributed by atoms with Crippen molar-refractivity contribution in [2.45, 2.75) is 38.3 Å². The zero-order valence-electron chi connectivity index (χ0n) is 11.5. The Morgan fingerprint density at radius 3 is 3.26 bits per heavy atom. The predicted octanol–water partition coefficient (Wildman–Crippen LogP) is 0.830. The van der Waals surface area contributed by atoms with E-state index in [1.54, 1.807) is 6.33 Å². The fourth-order valence-corrected chi connectivity index (χ4v) is 2.48. The molecule has 106 valence electrons. The largest absolute Gasteiger partial charge is 0.381 e. The minimum Gasteiger partial charge on any atom is -0.381 e. The molecule has 0 bridgehead atoms. The van der Waals surface area contributed by atoms with Gasteiger partial charge in [0.25, 0.3) is 0 Å². The van der Waals surface area contributed by atoms with E-state index >= 15 is 0 Å². The van der Waals surface area contributed by atoms with Crippen molar-refractivity contribution in [2.75, 3.05) is 26.3 Å². The monoisotopic (exact) mass is 264 g/mol. The zero-order valence-corrected chi connectivity index (χ0v) is 11.5. The third-order valence-corrected chi connectivity index (χ3v) is 3.90. The molecular weight excluding hydrogens is 240 g/mol. The van der Waals surface area contributed by atoms with E-state index in [0.717, 1.165) is 51.6 Å². The molecule has 0 radical (unpaired) electrons. The average Bonchev–Trinajstić information content (AvgIpc) is 3.13. The Bertz CT molecular complexity index is 389. The van der Waals surface area contributed by atoms with E-state index in [0.29, 0.717) is 6.04 Å². The fourth-order valence-electron chi connectivity index (χ4n) is 2.48. The summed E-state index contributed by atoms with van der Waals surface area (Å²) in [5, 5.41) is 7.02. The van der Waals surface area contributed by atoms with Gasteiger partial charge in [0.15, 0.2) is 0 Å². The van der Waals surface area contributed by atoms with Gasteiger partial charge >= 0.3 is 0 Å². The number of fused-ring (bicyclic) bond motifs is 1. The van der Waals surface area contributed by atoms with Crippen molar-refractivity contribution in [1.29, 1.82) is 0 Å². The number of H-pyrrole nitrogens is 1. The Labute approximate surface area is 114 Å². The Hall–Kier alpha value is -0.910. The van der Waals surface area contributed by atoms with Gasteiger partial charge in [0.05, 0.1) is 17.7 Å². The van der Waals surface area contributed by atoms with Gasteiger partial charge in [0.1, 0.15) is 0 Å². The number of imidazole rings is 1. The number of ether oxygens (including phenoxy) is 1. The average molecular weight is 264 g/mol. The first-order valence-corrected chi connectivity index (χ1v) is 7.45. The zero-order chi connectivity index (χ0) is 12.9. The fraction of sp³-hybridized carbons (Fsp3) is 0.786.